The van der Waals surface area contributed by atoms with Crippen molar-refractivity contribution in [3.8, 4) is 0 Å². The van der Waals surface area contributed by atoms with Gasteiger partial charge in [0.1, 0.15) is 6.61 Å². The molecule has 6 heteroatoms. The van der Waals surface area contributed by atoms with E-state index in [2.05, 4.69) is 4.90 Å². The van der Waals surface area contributed by atoms with Gasteiger partial charge in [0, 0.05) is 13.1 Å². The average molecular weight is 412 g/mol. The Morgan fingerprint density at radius 3 is 2.34 bits per heavy atom. The van der Waals surface area contributed by atoms with Crippen molar-refractivity contribution in [1.82, 2.24) is 4.90 Å². The zero-order chi connectivity index (χ0) is 20.7. The van der Waals surface area contributed by atoms with Gasteiger partial charge in [0.15, 0.2) is 4.91 Å². The summed E-state index contributed by atoms with van der Waals surface area (Å²) in [4.78, 5) is 14.5. The molecular formula is C23H25NO4S. The van der Waals surface area contributed by atoms with Crippen molar-refractivity contribution in [2.24, 2.45) is 0 Å². The Labute approximate surface area is 172 Å². The monoisotopic (exact) mass is 411 g/mol. The van der Waals surface area contributed by atoms with E-state index in [-0.39, 0.29) is 16.4 Å². The fraction of sp³-hybridized carbons (Fsp3) is 0.261. The summed E-state index contributed by atoms with van der Waals surface area (Å²) in [6, 6.07) is 15.6. The Morgan fingerprint density at radius 1 is 1.03 bits per heavy atom. The van der Waals surface area contributed by atoms with Crippen molar-refractivity contribution < 1.29 is 17.9 Å². The Balaban J connectivity index is 1.85. The smallest absolute Gasteiger partial charge is 0.350 e. The second-order valence-electron chi connectivity index (χ2n) is 6.99. The Hall–Kier alpha value is -2.86. The van der Waals surface area contributed by atoms with Crippen LogP contribution in [0.3, 0.4) is 0 Å². The molecular weight excluding hydrogens is 386 g/mol. The molecule has 152 valence electrons. The van der Waals surface area contributed by atoms with E-state index in [4.69, 9.17) is 4.74 Å². The number of ether oxygens (including phenoxy) is 1. The van der Waals surface area contributed by atoms with Gasteiger partial charge in [-0.05, 0) is 55.8 Å². The van der Waals surface area contributed by atoms with Crippen LogP contribution in [0.5, 0.6) is 0 Å². The van der Waals surface area contributed by atoms with E-state index >= 15 is 0 Å². The van der Waals surface area contributed by atoms with Gasteiger partial charge >= 0.3 is 5.97 Å². The molecule has 1 aliphatic rings. The Morgan fingerprint density at radius 2 is 1.69 bits per heavy atom. The first-order chi connectivity index (χ1) is 14.0. The average Bonchev–Trinajstić information content (AvgIpc) is 3.24. The summed E-state index contributed by atoms with van der Waals surface area (Å²) in [6.45, 7) is 3.75. The van der Waals surface area contributed by atoms with Gasteiger partial charge in [-0.1, -0.05) is 48.0 Å². The van der Waals surface area contributed by atoms with Gasteiger partial charge < -0.3 is 9.64 Å². The van der Waals surface area contributed by atoms with Gasteiger partial charge in [0.25, 0.3) is 0 Å². The van der Waals surface area contributed by atoms with Crippen LogP contribution >= 0.6 is 0 Å². The molecule has 1 fully saturated rings. The third-order valence-electron chi connectivity index (χ3n) is 4.72. The maximum atomic E-state index is 13.1. The molecule has 1 saturated heterocycles. The molecule has 29 heavy (non-hydrogen) atoms. The topological polar surface area (TPSA) is 63.7 Å². The number of benzene rings is 2. The van der Waals surface area contributed by atoms with Crippen LogP contribution in [0.15, 0.2) is 82.7 Å². The number of esters is 1. The van der Waals surface area contributed by atoms with Crippen LogP contribution < -0.4 is 0 Å². The van der Waals surface area contributed by atoms with Crippen LogP contribution in [0.4, 0.5) is 0 Å². The highest BCUT2D eigenvalue weighted by Crippen LogP contribution is 2.22. The maximum absolute atomic E-state index is 13.1. The molecule has 2 aromatic rings. The summed E-state index contributed by atoms with van der Waals surface area (Å²) < 4.78 is 31.5. The molecule has 5 nitrogen and oxygen atoms in total. The second kappa shape index (κ2) is 9.56. The molecule has 1 heterocycles. The molecule has 0 radical (unpaired) electrons. The molecule has 0 unspecified atom stereocenters. The fourth-order valence-corrected chi connectivity index (χ4v) is 4.33. The first-order valence-corrected chi connectivity index (χ1v) is 11.1. The molecule has 0 aromatic heterocycles. The SMILES string of the molecule is Cc1ccc(S(=O)(=O)C(=CC=CN2CCCC2)C(=O)OCc2ccccc2)cc1. The first kappa shape index (κ1) is 20.9. The van der Waals surface area contributed by atoms with E-state index < -0.39 is 15.8 Å². The van der Waals surface area contributed by atoms with E-state index in [1.807, 2.05) is 43.5 Å². The van der Waals surface area contributed by atoms with E-state index in [1.54, 1.807) is 18.2 Å². The van der Waals surface area contributed by atoms with Crippen molar-refractivity contribution in [2.75, 3.05) is 13.1 Å². The van der Waals surface area contributed by atoms with Gasteiger partial charge in [-0.25, -0.2) is 13.2 Å². The largest absolute Gasteiger partial charge is 0.457 e. The van der Waals surface area contributed by atoms with Crippen molar-refractivity contribution in [3.05, 3.63) is 89.0 Å². The first-order valence-electron chi connectivity index (χ1n) is 9.62. The van der Waals surface area contributed by atoms with Crippen molar-refractivity contribution in [1.29, 1.82) is 0 Å². The van der Waals surface area contributed by atoms with E-state index in [9.17, 15) is 13.2 Å². The lowest BCUT2D eigenvalue weighted by molar-refractivity contribution is -0.139. The summed E-state index contributed by atoms with van der Waals surface area (Å²) in [5.41, 5.74) is 1.73. The van der Waals surface area contributed by atoms with Crippen LogP contribution in [0.2, 0.25) is 0 Å². The quantitative estimate of drug-likeness (QED) is 0.391. The van der Waals surface area contributed by atoms with Crippen molar-refractivity contribution >= 4 is 15.8 Å². The molecule has 0 bridgehead atoms. The van der Waals surface area contributed by atoms with E-state index in [1.165, 1.54) is 18.2 Å². The third-order valence-corrected chi connectivity index (χ3v) is 6.49. The summed E-state index contributed by atoms with van der Waals surface area (Å²) in [5, 5.41) is 0. The summed E-state index contributed by atoms with van der Waals surface area (Å²) in [5.74, 6) is -0.861. The lowest BCUT2D eigenvalue weighted by atomic mass is 10.2. The van der Waals surface area contributed by atoms with Crippen molar-refractivity contribution in [2.45, 2.75) is 31.3 Å². The molecule has 0 atom stereocenters. The van der Waals surface area contributed by atoms with Crippen LogP contribution in [0.25, 0.3) is 0 Å². The van der Waals surface area contributed by atoms with Gasteiger partial charge in [0.2, 0.25) is 9.84 Å². The highest BCUT2D eigenvalue weighted by Gasteiger charge is 2.28. The molecule has 0 N–H and O–H groups in total. The maximum Gasteiger partial charge on any atom is 0.350 e. The standard InChI is InChI=1S/C23H25NO4S/c1-19-11-13-21(14-12-19)29(26,27)22(10-7-17-24-15-5-6-16-24)23(25)28-18-20-8-3-2-4-9-20/h2-4,7-14,17H,5-6,15-16,18H2,1H3. The van der Waals surface area contributed by atoms with Crippen molar-refractivity contribution in [3.63, 3.8) is 0 Å². The normalized spacial score (nSPS) is 15.1. The Kier molecular flexibility index (Phi) is 6.88. The minimum absolute atomic E-state index is 0.0102. The fourth-order valence-electron chi connectivity index (χ4n) is 3.05. The van der Waals surface area contributed by atoms with Gasteiger partial charge in [-0.3, -0.25) is 0 Å². The lowest BCUT2D eigenvalue weighted by Gasteiger charge is -2.11. The summed E-state index contributed by atoms with van der Waals surface area (Å²) >= 11 is 0. The number of carbonyl (C=O) groups excluding carboxylic acids is 1. The molecule has 1 aliphatic heterocycles. The number of aryl methyl sites for hydroxylation is 1. The minimum atomic E-state index is -4.00. The Bertz CT molecular complexity index is 987. The summed E-state index contributed by atoms with van der Waals surface area (Å²) in [7, 11) is -4.00. The van der Waals surface area contributed by atoms with Crippen LogP contribution in [0, 0.1) is 6.92 Å². The molecule has 2 aromatic carbocycles. The molecule has 0 amide bonds. The minimum Gasteiger partial charge on any atom is -0.457 e. The predicted octanol–water partition coefficient (Wildman–Crippen LogP) is 4.01. The van der Waals surface area contributed by atoms with E-state index in [0.717, 1.165) is 37.1 Å². The number of rotatable bonds is 7. The van der Waals surface area contributed by atoms with Crippen LogP contribution in [-0.2, 0) is 26.0 Å². The zero-order valence-electron chi connectivity index (χ0n) is 16.5. The number of hydrogen-bond donors (Lipinski definition) is 0. The third kappa shape index (κ3) is 5.57. The van der Waals surface area contributed by atoms with Crippen LogP contribution in [0.1, 0.15) is 24.0 Å². The number of likely N-dealkylation sites (tertiary alicyclic amines) is 1. The highest BCUT2D eigenvalue weighted by molar-refractivity contribution is 7.96. The lowest BCUT2D eigenvalue weighted by Crippen LogP contribution is -2.17. The van der Waals surface area contributed by atoms with E-state index in [0.29, 0.717) is 0 Å². The van der Waals surface area contributed by atoms with Gasteiger partial charge in [-0.2, -0.15) is 0 Å². The molecule has 0 spiro atoms. The number of allylic oxidation sites excluding steroid dienone is 2. The second-order valence-corrected chi connectivity index (χ2v) is 8.91. The summed E-state index contributed by atoms with van der Waals surface area (Å²) in [6.07, 6.45) is 6.99. The predicted molar refractivity (Wildman–Crippen MR) is 113 cm³/mol. The molecule has 0 saturated carbocycles. The molecule has 0 aliphatic carbocycles. The van der Waals surface area contributed by atoms with Crippen LogP contribution in [-0.4, -0.2) is 32.4 Å². The number of nitrogens with zero attached hydrogens (tertiary/aromatic N) is 1. The number of carbonyl (C=O) groups is 1. The molecule has 3 rings (SSSR count). The highest BCUT2D eigenvalue weighted by atomic mass is 32.2. The number of hydrogen-bond acceptors (Lipinski definition) is 5. The zero-order valence-corrected chi connectivity index (χ0v) is 17.3. The number of sulfone groups is 1. The van der Waals surface area contributed by atoms with Gasteiger partial charge in [-0.15, -0.1) is 0 Å². The van der Waals surface area contributed by atoms with Gasteiger partial charge in [0.05, 0.1) is 4.90 Å².